The summed E-state index contributed by atoms with van der Waals surface area (Å²) in [6, 6.07) is 9.62. The first-order chi connectivity index (χ1) is 13.2. The first kappa shape index (κ1) is 19.1. The van der Waals surface area contributed by atoms with Gasteiger partial charge in [0, 0.05) is 11.8 Å². The van der Waals surface area contributed by atoms with E-state index in [2.05, 4.69) is 27.3 Å². The van der Waals surface area contributed by atoms with Crippen LogP contribution in [0.5, 0.6) is 11.6 Å². The number of ether oxygens (including phenoxy) is 1. The van der Waals surface area contributed by atoms with Gasteiger partial charge < -0.3 is 9.84 Å². The van der Waals surface area contributed by atoms with Gasteiger partial charge in [-0.15, -0.1) is 5.10 Å². The molecule has 1 heterocycles. The van der Waals surface area contributed by atoms with Gasteiger partial charge in [-0.2, -0.15) is 0 Å². The Balaban J connectivity index is 1.91. The van der Waals surface area contributed by atoms with Crippen molar-refractivity contribution in [2.24, 2.45) is 0 Å². The van der Waals surface area contributed by atoms with Crippen LogP contribution in [0.1, 0.15) is 21.6 Å². The van der Waals surface area contributed by atoms with Crippen molar-refractivity contribution in [2.75, 3.05) is 6.26 Å². The predicted molar refractivity (Wildman–Crippen MR) is 95.3 cm³/mol. The van der Waals surface area contributed by atoms with Crippen LogP contribution in [0.2, 0.25) is 0 Å². The number of aromatic amines is 1. The Morgan fingerprint density at radius 3 is 2.71 bits per heavy atom. The summed E-state index contributed by atoms with van der Waals surface area (Å²) in [6.07, 6.45) is 1.08. The van der Waals surface area contributed by atoms with Crippen molar-refractivity contribution in [2.45, 2.75) is 4.90 Å². The molecule has 0 aliphatic heterocycles. The molecule has 0 aliphatic carbocycles. The maximum Gasteiger partial charge on any atom is 0.362 e. The van der Waals surface area contributed by atoms with Crippen LogP contribution in [0.3, 0.4) is 0 Å². The fourth-order valence-corrected chi connectivity index (χ4v) is 2.82. The van der Waals surface area contributed by atoms with Gasteiger partial charge in [0.2, 0.25) is 5.69 Å². The number of H-pyrrole nitrogens is 1. The number of aromatic carboxylic acids is 1. The van der Waals surface area contributed by atoms with Crippen LogP contribution >= 0.6 is 0 Å². The Morgan fingerprint density at radius 2 is 2.00 bits per heavy atom. The van der Waals surface area contributed by atoms with Gasteiger partial charge in [0.1, 0.15) is 11.6 Å². The minimum atomic E-state index is -3.39. The zero-order chi connectivity index (χ0) is 20.3. The number of carboxylic acids is 1. The van der Waals surface area contributed by atoms with Crippen molar-refractivity contribution in [1.82, 2.24) is 15.4 Å². The van der Waals surface area contributed by atoms with E-state index in [0.717, 1.165) is 12.3 Å². The number of rotatable bonds is 4. The second kappa shape index (κ2) is 7.50. The van der Waals surface area contributed by atoms with Crippen LogP contribution in [0, 0.1) is 17.7 Å². The molecule has 2 aromatic carbocycles. The largest absolute Gasteiger partial charge is 0.476 e. The van der Waals surface area contributed by atoms with E-state index < -0.39 is 27.3 Å². The van der Waals surface area contributed by atoms with Gasteiger partial charge in [0.05, 0.1) is 10.5 Å². The molecule has 8 nitrogen and oxygen atoms in total. The Labute approximate surface area is 158 Å². The van der Waals surface area contributed by atoms with Crippen molar-refractivity contribution in [3.63, 3.8) is 0 Å². The number of halogens is 1. The molecule has 0 saturated heterocycles. The summed E-state index contributed by atoms with van der Waals surface area (Å²) in [7, 11) is -3.39. The summed E-state index contributed by atoms with van der Waals surface area (Å²) >= 11 is 0. The number of carboxylic acid groups (broad SMARTS) is 1. The second-order valence-corrected chi connectivity index (χ2v) is 7.60. The molecule has 0 aliphatic rings. The minimum Gasteiger partial charge on any atom is -0.476 e. The molecule has 0 bridgehead atoms. The molecular formula is C18H12FN3O5S. The summed E-state index contributed by atoms with van der Waals surface area (Å²) in [5, 5.41) is 18.0. The van der Waals surface area contributed by atoms with Crippen molar-refractivity contribution in [1.29, 1.82) is 0 Å². The predicted octanol–water partition coefficient (Wildman–Crippen LogP) is 2.24. The molecule has 2 N–H and O–H groups in total. The minimum absolute atomic E-state index is 0.0217. The van der Waals surface area contributed by atoms with E-state index in [0.29, 0.717) is 5.56 Å². The number of hydrogen-bond acceptors (Lipinski definition) is 6. The van der Waals surface area contributed by atoms with E-state index in [9.17, 15) is 17.6 Å². The lowest BCUT2D eigenvalue weighted by atomic mass is 10.1. The van der Waals surface area contributed by atoms with Gasteiger partial charge >= 0.3 is 5.97 Å². The third-order valence-electron chi connectivity index (χ3n) is 3.48. The van der Waals surface area contributed by atoms with Crippen molar-refractivity contribution < 1.29 is 27.4 Å². The van der Waals surface area contributed by atoms with Crippen molar-refractivity contribution in [3.8, 4) is 23.5 Å². The molecule has 0 atom stereocenters. The molecule has 0 radical (unpaired) electrons. The van der Waals surface area contributed by atoms with E-state index in [1.807, 2.05) is 0 Å². The maximum atomic E-state index is 14.0. The maximum absolute atomic E-state index is 14.0. The molecule has 1 aromatic heterocycles. The highest BCUT2D eigenvalue weighted by atomic mass is 32.2. The molecule has 0 unspecified atom stereocenters. The third-order valence-corrected chi connectivity index (χ3v) is 4.59. The topological polar surface area (TPSA) is 122 Å². The normalized spacial score (nSPS) is 10.8. The Bertz CT molecular complexity index is 1230. The van der Waals surface area contributed by atoms with Crippen LogP contribution in [-0.2, 0) is 9.84 Å². The lowest BCUT2D eigenvalue weighted by molar-refractivity contribution is 0.0687. The van der Waals surface area contributed by atoms with Crippen molar-refractivity contribution >= 4 is 15.8 Å². The van der Waals surface area contributed by atoms with Crippen LogP contribution in [0.4, 0.5) is 4.39 Å². The Morgan fingerprint density at radius 1 is 1.21 bits per heavy atom. The average Bonchev–Trinajstić information content (AvgIpc) is 3.10. The lowest BCUT2D eigenvalue weighted by Crippen LogP contribution is -2.00. The molecule has 3 aromatic rings. The van der Waals surface area contributed by atoms with Crippen molar-refractivity contribution in [3.05, 3.63) is 65.1 Å². The molecule has 3 rings (SSSR count). The molecule has 0 amide bonds. The van der Waals surface area contributed by atoms with Gasteiger partial charge in [-0.3, -0.25) is 0 Å². The van der Waals surface area contributed by atoms with Gasteiger partial charge in [0.15, 0.2) is 9.84 Å². The summed E-state index contributed by atoms with van der Waals surface area (Å²) in [5.41, 5.74) is -0.0549. The first-order valence-corrected chi connectivity index (χ1v) is 9.57. The summed E-state index contributed by atoms with van der Waals surface area (Å²) in [6.45, 7) is 0. The van der Waals surface area contributed by atoms with E-state index >= 15 is 0 Å². The highest BCUT2D eigenvalue weighted by molar-refractivity contribution is 7.90. The molecule has 0 saturated carbocycles. The third kappa shape index (κ3) is 4.33. The van der Waals surface area contributed by atoms with Gasteiger partial charge in [0.25, 0.3) is 5.88 Å². The first-order valence-electron chi connectivity index (χ1n) is 7.68. The van der Waals surface area contributed by atoms with Crippen LogP contribution in [-0.4, -0.2) is 41.2 Å². The van der Waals surface area contributed by atoms with E-state index in [1.54, 1.807) is 6.07 Å². The summed E-state index contributed by atoms with van der Waals surface area (Å²) in [5.74, 6) is 3.25. The lowest BCUT2D eigenvalue weighted by Gasteiger charge is -2.04. The van der Waals surface area contributed by atoms with E-state index in [4.69, 9.17) is 9.84 Å². The average molecular weight is 401 g/mol. The van der Waals surface area contributed by atoms with Crippen LogP contribution in [0.25, 0.3) is 0 Å². The smallest absolute Gasteiger partial charge is 0.362 e. The summed E-state index contributed by atoms with van der Waals surface area (Å²) < 4.78 is 42.6. The number of aromatic nitrogens is 3. The zero-order valence-corrected chi connectivity index (χ0v) is 15.1. The fourth-order valence-electron chi connectivity index (χ4n) is 2.16. The molecule has 0 fully saturated rings. The monoisotopic (exact) mass is 401 g/mol. The molecule has 0 spiro atoms. The van der Waals surface area contributed by atoms with Gasteiger partial charge in [-0.1, -0.05) is 23.1 Å². The van der Waals surface area contributed by atoms with Gasteiger partial charge in [-0.05, 0) is 36.4 Å². The van der Waals surface area contributed by atoms with Crippen LogP contribution in [0.15, 0.2) is 47.4 Å². The molecule has 142 valence electrons. The number of nitrogens with zero attached hydrogens (tertiary/aromatic N) is 2. The standard InChI is InChI=1S/C18H12FN3O5S/c1-28(25,26)14-4-2-3-11(9-14)5-6-12-10-13(7-8-15(12)19)27-17-16(18(23)24)20-22-21-17/h2-4,7-10H,1H3,(H,23,24)(H,20,21,22). The van der Waals surface area contributed by atoms with Crippen LogP contribution < -0.4 is 4.74 Å². The number of benzene rings is 2. The Kier molecular flexibility index (Phi) is 5.10. The quantitative estimate of drug-likeness (QED) is 0.643. The number of carbonyl (C=O) groups is 1. The highest BCUT2D eigenvalue weighted by Crippen LogP contribution is 2.23. The number of nitrogens with one attached hydrogen (secondary N) is 1. The fraction of sp³-hybridized carbons (Fsp3) is 0.0556. The molecule has 28 heavy (non-hydrogen) atoms. The Hall–Kier alpha value is -3.71. The highest BCUT2D eigenvalue weighted by Gasteiger charge is 2.17. The summed E-state index contributed by atoms with van der Waals surface area (Å²) in [4.78, 5) is 11.1. The molecule has 10 heteroatoms. The second-order valence-electron chi connectivity index (χ2n) is 5.59. The van der Waals surface area contributed by atoms with Gasteiger partial charge in [-0.25, -0.2) is 22.7 Å². The molecular weight excluding hydrogens is 389 g/mol. The number of hydrogen-bond donors (Lipinski definition) is 2. The zero-order valence-electron chi connectivity index (χ0n) is 14.3. The van der Waals surface area contributed by atoms with E-state index in [-0.39, 0.29) is 22.1 Å². The van der Waals surface area contributed by atoms with E-state index in [1.165, 1.54) is 30.3 Å². The number of sulfone groups is 1. The SMILES string of the molecule is CS(=O)(=O)c1cccc(C#Cc2cc(Oc3[nH]nnc3C(=O)O)ccc2F)c1.